The topological polar surface area (TPSA) is 70.1 Å². The number of carbonyl (C=O) groups excluding carboxylic acids is 1. The van der Waals surface area contributed by atoms with Gasteiger partial charge in [0.15, 0.2) is 5.84 Å². The molecule has 1 aromatic carbocycles. The fourth-order valence-corrected chi connectivity index (χ4v) is 4.41. The van der Waals surface area contributed by atoms with E-state index in [-0.39, 0.29) is 17.3 Å². The van der Waals surface area contributed by atoms with Gasteiger partial charge in [-0.15, -0.1) is 4.40 Å². The SMILES string of the molecule is CC1CCCN(C(=O)CN(C)C2=NS(=O)(=O)c3ccccc32)C1. The van der Waals surface area contributed by atoms with Crippen molar-refractivity contribution in [2.24, 2.45) is 10.3 Å². The molecule has 0 spiro atoms. The molecule has 0 aromatic heterocycles. The minimum atomic E-state index is -3.65. The monoisotopic (exact) mass is 335 g/mol. The van der Waals surface area contributed by atoms with Crippen LogP contribution in [0, 0.1) is 5.92 Å². The zero-order valence-electron chi connectivity index (χ0n) is 13.4. The smallest absolute Gasteiger partial charge is 0.285 e. The van der Waals surface area contributed by atoms with E-state index < -0.39 is 10.0 Å². The molecule has 2 aliphatic rings. The van der Waals surface area contributed by atoms with Gasteiger partial charge in [-0.25, -0.2) is 0 Å². The van der Waals surface area contributed by atoms with Gasteiger partial charge in [0, 0.05) is 25.7 Å². The third-order valence-electron chi connectivity index (χ3n) is 4.36. The zero-order valence-corrected chi connectivity index (χ0v) is 14.2. The number of likely N-dealkylation sites (tertiary alicyclic amines) is 1. The number of fused-ring (bicyclic) bond motifs is 1. The summed E-state index contributed by atoms with van der Waals surface area (Å²) in [4.78, 5) is 16.2. The molecule has 2 aliphatic heterocycles. The first-order valence-corrected chi connectivity index (χ1v) is 9.26. The normalized spacial score (nSPS) is 22.4. The van der Waals surface area contributed by atoms with Crippen LogP contribution in [0.4, 0.5) is 0 Å². The Bertz CT molecular complexity index is 758. The molecule has 23 heavy (non-hydrogen) atoms. The summed E-state index contributed by atoms with van der Waals surface area (Å²) in [5.74, 6) is 0.880. The highest BCUT2D eigenvalue weighted by Gasteiger charge is 2.31. The number of sulfonamides is 1. The second-order valence-electron chi connectivity index (χ2n) is 6.33. The van der Waals surface area contributed by atoms with E-state index in [1.807, 2.05) is 4.90 Å². The fourth-order valence-electron chi connectivity index (χ4n) is 3.16. The summed E-state index contributed by atoms with van der Waals surface area (Å²) < 4.78 is 28.0. The van der Waals surface area contributed by atoms with E-state index in [4.69, 9.17) is 0 Å². The Kier molecular flexibility index (Phi) is 4.14. The summed E-state index contributed by atoms with van der Waals surface area (Å²) in [6.45, 7) is 3.83. The number of rotatable bonds is 2. The largest absolute Gasteiger partial charge is 0.349 e. The Morgan fingerprint density at radius 2 is 2.13 bits per heavy atom. The molecule has 1 aromatic rings. The lowest BCUT2D eigenvalue weighted by atomic mass is 10.0. The maximum absolute atomic E-state index is 12.5. The predicted octanol–water partition coefficient (Wildman–Crippen LogP) is 1.33. The number of piperidine rings is 1. The molecule has 1 fully saturated rings. The van der Waals surface area contributed by atoms with E-state index in [0.717, 1.165) is 25.9 Å². The van der Waals surface area contributed by atoms with Crippen LogP contribution in [0.25, 0.3) is 0 Å². The molecule has 7 heteroatoms. The molecule has 6 nitrogen and oxygen atoms in total. The third kappa shape index (κ3) is 3.10. The summed E-state index contributed by atoms with van der Waals surface area (Å²) in [6.07, 6.45) is 2.17. The minimum absolute atomic E-state index is 0.0172. The number of hydrogen-bond donors (Lipinski definition) is 0. The van der Waals surface area contributed by atoms with E-state index in [1.165, 1.54) is 0 Å². The van der Waals surface area contributed by atoms with Gasteiger partial charge >= 0.3 is 0 Å². The van der Waals surface area contributed by atoms with Crippen LogP contribution in [-0.2, 0) is 14.8 Å². The average Bonchev–Trinajstić information content (AvgIpc) is 2.79. The summed E-state index contributed by atoms with van der Waals surface area (Å²) in [5, 5.41) is 0. The number of carbonyl (C=O) groups is 1. The summed E-state index contributed by atoms with van der Waals surface area (Å²) in [5.41, 5.74) is 0.565. The first kappa shape index (κ1) is 16.0. The highest BCUT2D eigenvalue weighted by molar-refractivity contribution is 7.90. The Balaban J connectivity index is 1.77. The molecular weight excluding hydrogens is 314 g/mol. The lowest BCUT2D eigenvalue weighted by Gasteiger charge is -2.32. The Morgan fingerprint density at radius 3 is 2.87 bits per heavy atom. The van der Waals surface area contributed by atoms with Crippen molar-refractivity contribution in [2.45, 2.75) is 24.7 Å². The van der Waals surface area contributed by atoms with Crippen LogP contribution < -0.4 is 0 Å². The van der Waals surface area contributed by atoms with Crippen LogP contribution in [0.15, 0.2) is 33.6 Å². The van der Waals surface area contributed by atoms with Crippen molar-refractivity contribution in [3.05, 3.63) is 29.8 Å². The molecule has 2 heterocycles. The summed E-state index contributed by atoms with van der Waals surface area (Å²) in [6, 6.07) is 6.72. The van der Waals surface area contributed by atoms with Crippen LogP contribution in [-0.4, -0.2) is 56.6 Å². The first-order valence-electron chi connectivity index (χ1n) is 7.82. The van der Waals surface area contributed by atoms with Gasteiger partial charge < -0.3 is 9.80 Å². The van der Waals surface area contributed by atoms with Gasteiger partial charge in [0.1, 0.15) is 4.90 Å². The molecule has 0 radical (unpaired) electrons. The van der Waals surface area contributed by atoms with Gasteiger partial charge in [-0.1, -0.05) is 19.1 Å². The van der Waals surface area contributed by atoms with E-state index >= 15 is 0 Å². The lowest BCUT2D eigenvalue weighted by Crippen LogP contribution is -2.45. The molecule has 0 aliphatic carbocycles. The van der Waals surface area contributed by atoms with Gasteiger partial charge in [0.25, 0.3) is 10.0 Å². The van der Waals surface area contributed by atoms with Gasteiger partial charge in [0.2, 0.25) is 5.91 Å². The van der Waals surface area contributed by atoms with Crippen molar-refractivity contribution in [3.8, 4) is 0 Å². The summed E-state index contributed by atoms with van der Waals surface area (Å²) >= 11 is 0. The van der Waals surface area contributed by atoms with Crippen LogP contribution in [0.1, 0.15) is 25.3 Å². The number of amides is 1. The van der Waals surface area contributed by atoms with Gasteiger partial charge in [0.05, 0.1) is 6.54 Å². The van der Waals surface area contributed by atoms with Gasteiger partial charge in [-0.3, -0.25) is 4.79 Å². The van der Waals surface area contributed by atoms with Gasteiger partial charge in [-0.05, 0) is 30.9 Å². The quantitative estimate of drug-likeness (QED) is 0.817. The number of likely N-dealkylation sites (N-methyl/N-ethyl adjacent to an activating group) is 1. The molecule has 3 rings (SSSR count). The predicted molar refractivity (Wildman–Crippen MR) is 87.8 cm³/mol. The lowest BCUT2D eigenvalue weighted by molar-refractivity contribution is -0.133. The van der Waals surface area contributed by atoms with E-state index in [2.05, 4.69) is 11.3 Å². The molecule has 1 saturated heterocycles. The number of benzene rings is 1. The zero-order chi connectivity index (χ0) is 16.6. The molecule has 0 bridgehead atoms. The maximum atomic E-state index is 12.5. The van der Waals surface area contributed by atoms with Gasteiger partial charge in [-0.2, -0.15) is 8.42 Å². The van der Waals surface area contributed by atoms with Crippen molar-refractivity contribution in [1.82, 2.24) is 9.80 Å². The highest BCUT2D eigenvalue weighted by atomic mass is 32.2. The highest BCUT2D eigenvalue weighted by Crippen LogP contribution is 2.27. The van der Waals surface area contributed by atoms with Crippen LogP contribution in [0.3, 0.4) is 0 Å². The Hall–Kier alpha value is -1.89. The first-order chi connectivity index (χ1) is 10.9. The molecule has 0 saturated carbocycles. The maximum Gasteiger partial charge on any atom is 0.285 e. The van der Waals surface area contributed by atoms with Crippen LogP contribution in [0.5, 0.6) is 0 Å². The van der Waals surface area contributed by atoms with Crippen molar-refractivity contribution in [1.29, 1.82) is 0 Å². The molecule has 1 atom stereocenters. The van der Waals surface area contributed by atoms with Crippen molar-refractivity contribution >= 4 is 21.8 Å². The number of hydrogen-bond acceptors (Lipinski definition) is 4. The Labute approximate surface area is 136 Å². The molecular formula is C16H21N3O3S. The van der Waals surface area contributed by atoms with Crippen molar-refractivity contribution in [2.75, 3.05) is 26.7 Å². The van der Waals surface area contributed by atoms with E-state index in [9.17, 15) is 13.2 Å². The standard InChI is InChI=1S/C16H21N3O3S/c1-12-6-5-9-19(10-12)15(20)11-18(2)16-13-7-3-4-8-14(13)23(21,22)17-16/h3-4,7-8,12H,5-6,9-11H2,1-2H3. The minimum Gasteiger partial charge on any atom is -0.349 e. The van der Waals surface area contributed by atoms with Crippen molar-refractivity contribution in [3.63, 3.8) is 0 Å². The summed E-state index contributed by atoms with van der Waals surface area (Å²) in [7, 11) is -1.94. The Morgan fingerprint density at radius 1 is 1.39 bits per heavy atom. The molecule has 1 amide bonds. The van der Waals surface area contributed by atoms with Crippen LogP contribution >= 0.6 is 0 Å². The second-order valence-corrected chi connectivity index (χ2v) is 7.90. The van der Waals surface area contributed by atoms with Crippen molar-refractivity contribution < 1.29 is 13.2 Å². The molecule has 1 unspecified atom stereocenters. The number of amidine groups is 1. The molecule has 124 valence electrons. The third-order valence-corrected chi connectivity index (χ3v) is 5.68. The second kappa shape index (κ2) is 5.96. The average molecular weight is 335 g/mol. The fraction of sp³-hybridized carbons (Fsp3) is 0.500. The number of nitrogens with zero attached hydrogens (tertiary/aromatic N) is 3. The van der Waals surface area contributed by atoms with E-state index in [0.29, 0.717) is 17.3 Å². The van der Waals surface area contributed by atoms with E-state index in [1.54, 1.807) is 36.2 Å². The van der Waals surface area contributed by atoms with Crippen LogP contribution in [0.2, 0.25) is 0 Å². The molecule has 0 N–H and O–H groups in total.